The second-order valence-electron chi connectivity index (χ2n) is 5.96. The van der Waals surface area contributed by atoms with Gasteiger partial charge in [0.05, 0.1) is 11.7 Å². The van der Waals surface area contributed by atoms with Crippen molar-refractivity contribution in [2.45, 2.75) is 25.4 Å². The predicted octanol–water partition coefficient (Wildman–Crippen LogP) is 0.765. The highest BCUT2D eigenvalue weighted by Crippen LogP contribution is 2.27. The van der Waals surface area contributed by atoms with Gasteiger partial charge < -0.3 is 4.90 Å². The van der Waals surface area contributed by atoms with E-state index >= 15 is 0 Å². The number of fused-ring (bicyclic) bond motifs is 1. The molecule has 2 fully saturated rings. The maximum absolute atomic E-state index is 12.4. The van der Waals surface area contributed by atoms with Gasteiger partial charge in [0.2, 0.25) is 5.91 Å². The van der Waals surface area contributed by atoms with Crippen molar-refractivity contribution in [3.63, 3.8) is 0 Å². The first-order valence-electron chi connectivity index (χ1n) is 7.67. The van der Waals surface area contributed by atoms with Crippen LogP contribution in [-0.4, -0.2) is 57.5 Å². The monoisotopic (exact) mass is 318 g/mol. The number of piperazine rings is 1. The van der Waals surface area contributed by atoms with Crippen LogP contribution in [0.15, 0.2) is 22.6 Å². The van der Waals surface area contributed by atoms with E-state index in [2.05, 4.69) is 9.88 Å². The fraction of sp³-hybridized carbons (Fsp3) is 0.533. The molecule has 1 aliphatic heterocycles. The first-order chi connectivity index (χ1) is 10.7. The third kappa shape index (κ3) is 2.55. The van der Waals surface area contributed by atoms with E-state index in [-0.39, 0.29) is 18.0 Å². The molecule has 0 radical (unpaired) electrons. The Morgan fingerprint density at radius 3 is 2.77 bits per heavy atom. The minimum Gasteiger partial charge on any atom is -0.339 e. The minimum absolute atomic E-state index is 0.00827. The van der Waals surface area contributed by atoms with Crippen LogP contribution in [0.2, 0.25) is 0 Å². The van der Waals surface area contributed by atoms with Crippen LogP contribution >= 0.6 is 11.3 Å². The van der Waals surface area contributed by atoms with Crippen molar-refractivity contribution in [1.29, 1.82) is 0 Å². The SMILES string of the molecule is O=C(Cn1cnc2sccc2c1=O)N1CCN(C2CC2)CC1. The largest absolute Gasteiger partial charge is 0.339 e. The van der Waals surface area contributed by atoms with Crippen molar-refractivity contribution in [1.82, 2.24) is 19.4 Å². The van der Waals surface area contributed by atoms with Gasteiger partial charge in [-0.3, -0.25) is 19.1 Å². The topological polar surface area (TPSA) is 58.4 Å². The lowest BCUT2D eigenvalue weighted by Gasteiger charge is -2.34. The van der Waals surface area contributed by atoms with E-state index in [1.165, 1.54) is 35.1 Å². The summed E-state index contributed by atoms with van der Waals surface area (Å²) in [6, 6.07) is 2.52. The summed E-state index contributed by atoms with van der Waals surface area (Å²) in [7, 11) is 0. The maximum Gasteiger partial charge on any atom is 0.262 e. The molecule has 22 heavy (non-hydrogen) atoms. The van der Waals surface area contributed by atoms with Gasteiger partial charge in [0, 0.05) is 32.2 Å². The number of carbonyl (C=O) groups excluding carboxylic acids is 1. The molecule has 1 amide bonds. The zero-order valence-electron chi connectivity index (χ0n) is 12.3. The third-order valence-corrected chi connectivity index (χ3v) is 5.31. The Balaban J connectivity index is 1.44. The zero-order chi connectivity index (χ0) is 15.1. The minimum atomic E-state index is -0.129. The van der Waals surface area contributed by atoms with Crippen LogP contribution in [0.4, 0.5) is 0 Å². The molecular weight excluding hydrogens is 300 g/mol. The Morgan fingerprint density at radius 2 is 2.05 bits per heavy atom. The Labute approximate surface area is 132 Å². The van der Waals surface area contributed by atoms with Crippen LogP contribution in [-0.2, 0) is 11.3 Å². The van der Waals surface area contributed by atoms with Gasteiger partial charge in [-0.1, -0.05) is 0 Å². The molecule has 2 aromatic rings. The quantitative estimate of drug-likeness (QED) is 0.838. The van der Waals surface area contributed by atoms with E-state index < -0.39 is 0 Å². The summed E-state index contributed by atoms with van der Waals surface area (Å²) in [6.07, 6.45) is 4.09. The van der Waals surface area contributed by atoms with Crippen molar-refractivity contribution in [2.24, 2.45) is 0 Å². The van der Waals surface area contributed by atoms with Crippen LogP contribution in [0.5, 0.6) is 0 Å². The number of nitrogens with zero attached hydrogens (tertiary/aromatic N) is 4. The summed E-state index contributed by atoms with van der Waals surface area (Å²) < 4.78 is 1.42. The van der Waals surface area contributed by atoms with Crippen molar-refractivity contribution in [2.75, 3.05) is 26.2 Å². The molecule has 7 heteroatoms. The molecule has 116 valence electrons. The van der Waals surface area contributed by atoms with E-state index in [0.717, 1.165) is 37.1 Å². The Kier molecular flexibility index (Phi) is 3.46. The number of amides is 1. The predicted molar refractivity (Wildman–Crippen MR) is 85.1 cm³/mol. The van der Waals surface area contributed by atoms with Gasteiger partial charge in [0.1, 0.15) is 11.4 Å². The fourth-order valence-corrected chi connectivity index (χ4v) is 3.75. The zero-order valence-corrected chi connectivity index (χ0v) is 13.1. The molecule has 1 saturated heterocycles. The lowest BCUT2D eigenvalue weighted by molar-refractivity contribution is -0.133. The number of aromatic nitrogens is 2. The van der Waals surface area contributed by atoms with Crippen LogP contribution < -0.4 is 5.56 Å². The number of thiophene rings is 1. The first-order valence-corrected chi connectivity index (χ1v) is 8.55. The van der Waals surface area contributed by atoms with Crippen molar-refractivity contribution in [3.05, 3.63) is 28.1 Å². The van der Waals surface area contributed by atoms with Crippen molar-refractivity contribution >= 4 is 27.5 Å². The van der Waals surface area contributed by atoms with Crippen molar-refractivity contribution < 1.29 is 4.79 Å². The second kappa shape index (κ2) is 5.48. The van der Waals surface area contributed by atoms with E-state index in [0.29, 0.717) is 5.39 Å². The molecule has 4 rings (SSSR count). The van der Waals surface area contributed by atoms with Gasteiger partial charge in [0.25, 0.3) is 5.56 Å². The van der Waals surface area contributed by atoms with Gasteiger partial charge in [0.15, 0.2) is 0 Å². The molecule has 0 N–H and O–H groups in total. The van der Waals surface area contributed by atoms with Gasteiger partial charge in [-0.05, 0) is 24.3 Å². The summed E-state index contributed by atoms with van der Waals surface area (Å²) in [5.74, 6) is 0.00827. The van der Waals surface area contributed by atoms with Gasteiger partial charge in [-0.25, -0.2) is 4.98 Å². The molecule has 0 spiro atoms. The Morgan fingerprint density at radius 1 is 1.27 bits per heavy atom. The van der Waals surface area contributed by atoms with E-state index in [1.54, 1.807) is 6.07 Å². The number of rotatable bonds is 3. The summed E-state index contributed by atoms with van der Waals surface area (Å²) in [5, 5.41) is 2.45. The van der Waals surface area contributed by atoms with Crippen LogP contribution in [0.3, 0.4) is 0 Å². The van der Waals surface area contributed by atoms with Crippen LogP contribution in [0.25, 0.3) is 10.2 Å². The molecular formula is C15H18N4O2S. The molecule has 6 nitrogen and oxygen atoms in total. The summed E-state index contributed by atoms with van der Waals surface area (Å²) in [4.78, 5) is 34.0. The standard InChI is InChI=1S/C15H18N4O2S/c20-13(18-6-4-17(5-7-18)11-1-2-11)9-19-10-16-14-12(15(19)21)3-8-22-14/h3,8,10-11H,1-2,4-7,9H2. The molecule has 2 aliphatic rings. The maximum atomic E-state index is 12.4. The summed E-state index contributed by atoms with van der Waals surface area (Å²) in [5.41, 5.74) is -0.129. The van der Waals surface area contributed by atoms with Crippen molar-refractivity contribution in [3.8, 4) is 0 Å². The molecule has 0 aromatic carbocycles. The van der Waals surface area contributed by atoms with Gasteiger partial charge in [-0.2, -0.15) is 0 Å². The van der Waals surface area contributed by atoms with Crippen LogP contribution in [0, 0.1) is 0 Å². The number of carbonyl (C=O) groups is 1. The second-order valence-corrected chi connectivity index (χ2v) is 6.86. The Bertz CT molecular complexity index is 756. The molecule has 1 aliphatic carbocycles. The molecule has 0 bridgehead atoms. The average molecular weight is 318 g/mol. The van der Waals surface area contributed by atoms with Crippen LogP contribution in [0.1, 0.15) is 12.8 Å². The Hall–Kier alpha value is -1.73. The molecule has 0 atom stereocenters. The van der Waals surface area contributed by atoms with E-state index in [9.17, 15) is 9.59 Å². The lowest BCUT2D eigenvalue weighted by atomic mass is 10.3. The van der Waals surface area contributed by atoms with Gasteiger partial charge >= 0.3 is 0 Å². The molecule has 2 aromatic heterocycles. The van der Waals surface area contributed by atoms with Gasteiger partial charge in [-0.15, -0.1) is 11.3 Å². The average Bonchev–Trinajstić information content (AvgIpc) is 3.28. The molecule has 3 heterocycles. The molecule has 0 unspecified atom stereocenters. The number of hydrogen-bond donors (Lipinski definition) is 0. The lowest BCUT2D eigenvalue weighted by Crippen LogP contribution is -2.50. The highest BCUT2D eigenvalue weighted by atomic mass is 32.1. The fourth-order valence-electron chi connectivity index (χ4n) is 3.03. The normalized spacial score (nSPS) is 19.7. The number of hydrogen-bond acceptors (Lipinski definition) is 5. The molecule has 1 saturated carbocycles. The summed E-state index contributed by atoms with van der Waals surface area (Å²) in [6.45, 7) is 3.51. The third-order valence-electron chi connectivity index (χ3n) is 4.49. The van der Waals surface area contributed by atoms with E-state index in [1.807, 2.05) is 10.3 Å². The highest BCUT2D eigenvalue weighted by molar-refractivity contribution is 7.16. The highest BCUT2D eigenvalue weighted by Gasteiger charge is 2.32. The smallest absolute Gasteiger partial charge is 0.262 e. The first kappa shape index (κ1) is 13.9. The van der Waals surface area contributed by atoms with E-state index in [4.69, 9.17) is 0 Å². The summed E-state index contributed by atoms with van der Waals surface area (Å²) >= 11 is 1.44.